The maximum atomic E-state index is 10.6. The summed E-state index contributed by atoms with van der Waals surface area (Å²) in [6.45, 7) is 4.05. The summed E-state index contributed by atoms with van der Waals surface area (Å²) in [5.74, 6) is 0. The van der Waals surface area contributed by atoms with Crippen molar-refractivity contribution < 1.29 is 5.11 Å². The number of hydrogen-bond donors (Lipinski definition) is 1. The fraction of sp³-hybridized carbons (Fsp3) is 0.200. The predicted molar refractivity (Wildman–Crippen MR) is 81.8 cm³/mol. The van der Waals surface area contributed by atoms with Crippen LogP contribution >= 0.6 is 31.9 Å². The smallest absolute Gasteiger partial charge is 0.106 e. The third-order valence-corrected chi connectivity index (χ3v) is 4.28. The molecule has 0 heterocycles. The van der Waals surface area contributed by atoms with Gasteiger partial charge in [-0.25, -0.2) is 0 Å². The molecule has 2 aromatic rings. The number of hydrogen-bond acceptors (Lipinski definition) is 1. The molecule has 0 aromatic heterocycles. The quantitative estimate of drug-likeness (QED) is 0.797. The van der Waals surface area contributed by atoms with Crippen LogP contribution < -0.4 is 0 Å². The average molecular weight is 370 g/mol. The van der Waals surface area contributed by atoms with Crippen LogP contribution in [0.1, 0.15) is 28.4 Å². The van der Waals surface area contributed by atoms with Gasteiger partial charge in [0.2, 0.25) is 0 Å². The Morgan fingerprint density at radius 1 is 1.00 bits per heavy atom. The number of benzene rings is 2. The van der Waals surface area contributed by atoms with E-state index in [-0.39, 0.29) is 0 Å². The van der Waals surface area contributed by atoms with Gasteiger partial charge in [-0.2, -0.15) is 0 Å². The van der Waals surface area contributed by atoms with Gasteiger partial charge >= 0.3 is 0 Å². The third kappa shape index (κ3) is 2.68. The van der Waals surface area contributed by atoms with Gasteiger partial charge in [-0.1, -0.05) is 50.1 Å². The summed E-state index contributed by atoms with van der Waals surface area (Å²) in [6, 6.07) is 11.9. The summed E-state index contributed by atoms with van der Waals surface area (Å²) < 4.78 is 1.88. The zero-order valence-electron chi connectivity index (χ0n) is 10.2. The van der Waals surface area contributed by atoms with Crippen molar-refractivity contribution >= 4 is 31.9 Å². The Balaban J connectivity index is 2.54. The molecule has 0 bridgehead atoms. The molecule has 0 spiro atoms. The topological polar surface area (TPSA) is 20.2 Å². The van der Waals surface area contributed by atoms with Crippen LogP contribution in [0.25, 0.3) is 0 Å². The lowest BCUT2D eigenvalue weighted by molar-refractivity contribution is 0.218. The predicted octanol–water partition coefficient (Wildman–Crippen LogP) is 4.91. The van der Waals surface area contributed by atoms with Crippen LogP contribution in [-0.4, -0.2) is 5.11 Å². The lowest BCUT2D eigenvalue weighted by atomic mass is 9.93. The highest BCUT2D eigenvalue weighted by Gasteiger charge is 2.17. The standard InChI is InChI=1S/C15H14Br2O/c1-9-4-3-5-10(2)14(9)15(18)12-8-11(16)6-7-13(12)17/h3-8,15,18H,1-2H3. The normalized spacial score (nSPS) is 12.5. The molecule has 18 heavy (non-hydrogen) atoms. The number of halogens is 2. The SMILES string of the molecule is Cc1cccc(C)c1C(O)c1cc(Br)ccc1Br. The van der Waals surface area contributed by atoms with Crippen molar-refractivity contribution in [2.24, 2.45) is 0 Å². The van der Waals surface area contributed by atoms with Crippen molar-refractivity contribution in [1.29, 1.82) is 0 Å². The molecule has 0 aliphatic carbocycles. The second-order valence-electron chi connectivity index (χ2n) is 4.37. The van der Waals surface area contributed by atoms with Crippen molar-refractivity contribution in [1.82, 2.24) is 0 Å². The third-order valence-electron chi connectivity index (χ3n) is 3.07. The monoisotopic (exact) mass is 368 g/mol. The minimum absolute atomic E-state index is 0.613. The summed E-state index contributed by atoms with van der Waals surface area (Å²) in [4.78, 5) is 0. The van der Waals surface area contributed by atoms with Gasteiger partial charge in [0.05, 0.1) is 0 Å². The summed E-state index contributed by atoms with van der Waals surface area (Å²) in [5.41, 5.74) is 4.07. The first-order valence-corrected chi connectivity index (χ1v) is 7.28. The summed E-state index contributed by atoms with van der Waals surface area (Å²) in [6.07, 6.45) is -0.613. The molecule has 0 radical (unpaired) electrons. The molecular formula is C15H14Br2O. The largest absolute Gasteiger partial charge is 0.384 e. The van der Waals surface area contributed by atoms with Crippen LogP contribution in [0, 0.1) is 13.8 Å². The fourth-order valence-corrected chi connectivity index (χ4v) is 2.98. The van der Waals surface area contributed by atoms with Gasteiger partial charge in [-0.05, 0) is 48.7 Å². The number of aliphatic hydroxyl groups excluding tert-OH is 1. The van der Waals surface area contributed by atoms with E-state index in [1.54, 1.807) is 0 Å². The molecule has 0 aliphatic rings. The molecule has 94 valence electrons. The Kier molecular flexibility index (Phi) is 4.25. The van der Waals surface area contributed by atoms with Crippen LogP contribution in [-0.2, 0) is 0 Å². The van der Waals surface area contributed by atoms with Crippen molar-refractivity contribution in [3.05, 3.63) is 67.6 Å². The zero-order valence-corrected chi connectivity index (χ0v) is 13.4. The van der Waals surface area contributed by atoms with E-state index in [0.29, 0.717) is 0 Å². The molecule has 2 aromatic carbocycles. The molecule has 2 rings (SSSR count). The van der Waals surface area contributed by atoms with Gasteiger partial charge in [0, 0.05) is 14.5 Å². The van der Waals surface area contributed by atoms with E-state index in [4.69, 9.17) is 0 Å². The highest BCUT2D eigenvalue weighted by atomic mass is 79.9. The van der Waals surface area contributed by atoms with Crippen molar-refractivity contribution in [3.8, 4) is 0 Å². The number of aryl methyl sites for hydroxylation is 2. The Morgan fingerprint density at radius 3 is 2.22 bits per heavy atom. The molecular weight excluding hydrogens is 356 g/mol. The number of rotatable bonds is 2. The summed E-state index contributed by atoms with van der Waals surface area (Å²) in [5, 5.41) is 10.6. The second-order valence-corrected chi connectivity index (χ2v) is 6.14. The van der Waals surface area contributed by atoms with Gasteiger partial charge in [-0.3, -0.25) is 0 Å². The highest BCUT2D eigenvalue weighted by Crippen LogP contribution is 2.33. The van der Waals surface area contributed by atoms with E-state index in [1.165, 1.54) is 0 Å². The lowest BCUT2D eigenvalue weighted by Gasteiger charge is -2.18. The van der Waals surface area contributed by atoms with Crippen LogP contribution in [0.3, 0.4) is 0 Å². The molecule has 0 fully saturated rings. The van der Waals surface area contributed by atoms with Gasteiger partial charge in [-0.15, -0.1) is 0 Å². The zero-order chi connectivity index (χ0) is 13.3. The molecule has 0 amide bonds. The molecule has 0 saturated carbocycles. The number of aliphatic hydroxyl groups is 1. The minimum Gasteiger partial charge on any atom is -0.384 e. The molecule has 1 atom stereocenters. The van der Waals surface area contributed by atoms with Crippen LogP contribution in [0.2, 0.25) is 0 Å². The van der Waals surface area contributed by atoms with Gasteiger partial charge in [0.25, 0.3) is 0 Å². The molecule has 1 unspecified atom stereocenters. The Bertz CT molecular complexity index is 558. The van der Waals surface area contributed by atoms with E-state index >= 15 is 0 Å². The fourth-order valence-electron chi connectivity index (χ4n) is 2.14. The summed E-state index contributed by atoms with van der Waals surface area (Å²) >= 11 is 6.94. The maximum absolute atomic E-state index is 10.6. The molecule has 1 nitrogen and oxygen atoms in total. The second kappa shape index (κ2) is 5.55. The Morgan fingerprint density at radius 2 is 1.61 bits per heavy atom. The van der Waals surface area contributed by atoms with Gasteiger partial charge in [0.1, 0.15) is 6.10 Å². The molecule has 0 saturated heterocycles. The Hall–Kier alpha value is -0.640. The summed E-state index contributed by atoms with van der Waals surface area (Å²) in [7, 11) is 0. The first kappa shape index (κ1) is 13.8. The molecule has 3 heteroatoms. The van der Waals surface area contributed by atoms with Gasteiger partial charge < -0.3 is 5.11 Å². The average Bonchev–Trinajstić information content (AvgIpc) is 2.32. The molecule has 1 N–H and O–H groups in total. The van der Waals surface area contributed by atoms with Crippen LogP contribution in [0.4, 0.5) is 0 Å². The molecule has 0 aliphatic heterocycles. The minimum atomic E-state index is -0.613. The highest BCUT2D eigenvalue weighted by molar-refractivity contribution is 9.11. The van der Waals surface area contributed by atoms with E-state index in [2.05, 4.69) is 31.9 Å². The van der Waals surface area contributed by atoms with Crippen molar-refractivity contribution in [2.45, 2.75) is 20.0 Å². The Labute approximate surface area is 124 Å². The maximum Gasteiger partial charge on any atom is 0.106 e. The van der Waals surface area contributed by atoms with Gasteiger partial charge in [0.15, 0.2) is 0 Å². The van der Waals surface area contributed by atoms with E-state index in [9.17, 15) is 5.11 Å². The van der Waals surface area contributed by atoms with Crippen LogP contribution in [0.15, 0.2) is 45.3 Å². The first-order valence-electron chi connectivity index (χ1n) is 5.70. The van der Waals surface area contributed by atoms with E-state index in [0.717, 1.165) is 31.2 Å². The first-order chi connectivity index (χ1) is 8.50. The van der Waals surface area contributed by atoms with Crippen molar-refractivity contribution in [3.63, 3.8) is 0 Å². The van der Waals surface area contributed by atoms with Crippen molar-refractivity contribution in [2.75, 3.05) is 0 Å². The van der Waals surface area contributed by atoms with E-state index < -0.39 is 6.10 Å². The van der Waals surface area contributed by atoms with E-state index in [1.807, 2.05) is 50.2 Å². The lowest BCUT2D eigenvalue weighted by Crippen LogP contribution is -2.05. The van der Waals surface area contributed by atoms with Crippen LogP contribution in [0.5, 0.6) is 0 Å².